The van der Waals surface area contributed by atoms with Crippen molar-refractivity contribution >= 4 is 5.91 Å². The summed E-state index contributed by atoms with van der Waals surface area (Å²) in [6.45, 7) is 3.91. The fraction of sp³-hybridized carbons (Fsp3) is 0.889. The van der Waals surface area contributed by atoms with Crippen molar-refractivity contribution in [3.63, 3.8) is 0 Å². The topological polar surface area (TPSA) is 67.2 Å². The van der Waals surface area contributed by atoms with Crippen molar-refractivity contribution in [2.24, 2.45) is 5.73 Å². The zero-order chi connectivity index (χ0) is 9.68. The summed E-state index contributed by atoms with van der Waals surface area (Å²) in [4.78, 5) is 11.4. The highest BCUT2D eigenvalue weighted by Crippen LogP contribution is 2.02. The quantitative estimate of drug-likeness (QED) is 0.560. The Hall–Kier alpha value is -0.610. The lowest BCUT2D eigenvalue weighted by Gasteiger charge is -2.24. The number of hydrogen-bond acceptors (Lipinski definition) is 3. The molecule has 4 nitrogen and oxygen atoms in total. The molecule has 0 aromatic rings. The van der Waals surface area contributed by atoms with Gasteiger partial charge in [0.05, 0.1) is 6.04 Å². The lowest BCUT2D eigenvalue weighted by molar-refractivity contribution is -0.123. The second kappa shape index (κ2) is 5.19. The van der Waals surface area contributed by atoms with Crippen LogP contribution in [0.4, 0.5) is 0 Å². The van der Waals surface area contributed by atoms with Crippen LogP contribution in [0.5, 0.6) is 0 Å². The first-order valence-corrected chi connectivity index (χ1v) is 5.00. The van der Waals surface area contributed by atoms with Crippen LogP contribution < -0.4 is 16.4 Å². The molecule has 1 aliphatic heterocycles. The van der Waals surface area contributed by atoms with Gasteiger partial charge < -0.3 is 16.4 Å². The van der Waals surface area contributed by atoms with Gasteiger partial charge in [-0.15, -0.1) is 0 Å². The van der Waals surface area contributed by atoms with E-state index < -0.39 is 0 Å². The number of carbonyl (C=O) groups is 1. The largest absolute Gasteiger partial charge is 0.352 e. The third-order valence-corrected chi connectivity index (χ3v) is 2.46. The van der Waals surface area contributed by atoms with Crippen LogP contribution in [0.25, 0.3) is 0 Å². The Morgan fingerprint density at radius 2 is 2.23 bits per heavy atom. The monoisotopic (exact) mass is 185 g/mol. The maximum Gasteiger partial charge on any atom is 0.237 e. The Morgan fingerprint density at radius 1 is 1.62 bits per heavy atom. The van der Waals surface area contributed by atoms with Gasteiger partial charge in [0.2, 0.25) is 5.91 Å². The van der Waals surface area contributed by atoms with Crippen LogP contribution in [0.1, 0.15) is 26.2 Å². The van der Waals surface area contributed by atoms with E-state index in [0.29, 0.717) is 12.5 Å². The van der Waals surface area contributed by atoms with Gasteiger partial charge in [-0.3, -0.25) is 4.79 Å². The van der Waals surface area contributed by atoms with Gasteiger partial charge in [0, 0.05) is 6.04 Å². The van der Waals surface area contributed by atoms with Gasteiger partial charge in [0.25, 0.3) is 0 Å². The molecule has 1 atom stereocenters. The van der Waals surface area contributed by atoms with E-state index in [9.17, 15) is 4.79 Å². The van der Waals surface area contributed by atoms with Gasteiger partial charge in [0.15, 0.2) is 0 Å². The molecule has 0 saturated carbocycles. The van der Waals surface area contributed by atoms with Gasteiger partial charge in [-0.1, -0.05) is 6.92 Å². The van der Waals surface area contributed by atoms with Crippen molar-refractivity contribution in [3.05, 3.63) is 0 Å². The summed E-state index contributed by atoms with van der Waals surface area (Å²) >= 11 is 0. The maximum atomic E-state index is 11.4. The number of piperidine rings is 1. The molecule has 4 heteroatoms. The highest BCUT2D eigenvalue weighted by atomic mass is 16.2. The van der Waals surface area contributed by atoms with Gasteiger partial charge in [-0.2, -0.15) is 0 Å². The molecule has 1 rings (SSSR count). The van der Waals surface area contributed by atoms with E-state index in [1.54, 1.807) is 0 Å². The first-order valence-electron chi connectivity index (χ1n) is 5.00. The summed E-state index contributed by atoms with van der Waals surface area (Å²) in [6, 6.07) is -0.0127. The summed E-state index contributed by atoms with van der Waals surface area (Å²) in [5, 5.41) is 6.21. The molecule has 1 heterocycles. The van der Waals surface area contributed by atoms with Crippen LogP contribution in [0.2, 0.25) is 0 Å². The summed E-state index contributed by atoms with van der Waals surface area (Å²) in [5.41, 5.74) is 5.61. The van der Waals surface area contributed by atoms with Crippen LogP contribution >= 0.6 is 0 Å². The van der Waals surface area contributed by atoms with E-state index in [1.165, 1.54) is 0 Å². The first kappa shape index (κ1) is 10.5. The molecule has 1 fully saturated rings. The second-order valence-electron chi connectivity index (χ2n) is 3.55. The molecule has 0 aromatic heterocycles. The average molecular weight is 185 g/mol. The standard InChI is InChI=1S/C9H19N3O/c1-2-8(10)9(13)12-7-3-5-11-6-4-7/h7-8,11H,2-6,10H2,1H3,(H,12,13). The molecule has 1 aliphatic rings. The normalized spacial score (nSPS) is 21.1. The Kier molecular flexibility index (Phi) is 4.18. The first-order chi connectivity index (χ1) is 6.24. The smallest absolute Gasteiger partial charge is 0.237 e. The van der Waals surface area contributed by atoms with Gasteiger partial charge in [-0.05, 0) is 32.4 Å². The predicted octanol–water partition coefficient (Wildman–Crippen LogP) is -0.408. The van der Waals surface area contributed by atoms with Crippen LogP contribution in [0, 0.1) is 0 Å². The molecule has 1 unspecified atom stereocenters. The fourth-order valence-electron chi connectivity index (χ4n) is 1.46. The number of amides is 1. The molecule has 1 amide bonds. The lowest BCUT2D eigenvalue weighted by Crippen LogP contribution is -2.48. The number of rotatable bonds is 3. The van der Waals surface area contributed by atoms with Crippen LogP contribution in [0.15, 0.2) is 0 Å². The molecule has 1 saturated heterocycles. The molecular formula is C9H19N3O. The highest BCUT2D eigenvalue weighted by molar-refractivity contribution is 5.81. The molecule has 4 N–H and O–H groups in total. The number of nitrogens with one attached hydrogen (secondary N) is 2. The molecule has 0 aromatic carbocycles. The van der Waals surface area contributed by atoms with E-state index >= 15 is 0 Å². The fourth-order valence-corrected chi connectivity index (χ4v) is 1.46. The van der Waals surface area contributed by atoms with Crippen LogP contribution in [-0.4, -0.2) is 31.1 Å². The number of hydrogen-bond donors (Lipinski definition) is 3. The molecule has 0 spiro atoms. The Morgan fingerprint density at radius 3 is 2.77 bits per heavy atom. The van der Waals surface area contributed by atoms with E-state index in [0.717, 1.165) is 25.9 Å². The van der Waals surface area contributed by atoms with Crippen molar-refractivity contribution in [2.45, 2.75) is 38.3 Å². The van der Waals surface area contributed by atoms with Crippen molar-refractivity contribution < 1.29 is 4.79 Å². The molecule has 0 bridgehead atoms. The van der Waals surface area contributed by atoms with E-state index in [-0.39, 0.29) is 11.9 Å². The summed E-state index contributed by atoms with van der Waals surface area (Å²) in [5.74, 6) is -0.00519. The molecule has 76 valence electrons. The Balaban J connectivity index is 2.26. The van der Waals surface area contributed by atoms with Crippen LogP contribution in [0.3, 0.4) is 0 Å². The number of carbonyl (C=O) groups excluding carboxylic acids is 1. The van der Waals surface area contributed by atoms with Gasteiger partial charge in [-0.25, -0.2) is 0 Å². The van der Waals surface area contributed by atoms with E-state index in [1.807, 2.05) is 6.92 Å². The van der Waals surface area contributed by atoms with E-state index in [4.69, 9.17) is 5.73 Å². The third-order valence-electron chi connectivity index (χ3n) is 2.46. The van der Waals surface area contributed by atoms with Crippen molar-refractivity contribution in [2.75, 3.05) is 13.1 Å². The minimum Gasteiger partial charge on any atom is -0.352 e. The molecule has 13 heavy (non-hydrogen) atoms. The minimum absolute atomic E-state index is 0.00519. The zero-order valence-corrected chi connectivity index (χ0v) is 8.18. The van der Waals surface area contributed by atoms with Crippen molar-refractivity contribution in [1.29, 1.82) is 0 Å². The summed E-state index contributed by atoms with van der Waals surface area (Å²) in [7, 11) is 0. The molecular weight excluding hydrogens is 166 g/mol. The number of nitrogens with two attached hydrogens (primary N) is 1. The second-order valence-corrected chi connectivity index (χ2v) is 3.55. The SMILES string of the molecule is CCC(N)C(=O)NC1CCNCC1. The molecule has 0 radical (unpaired) electrons. The van der Waals surface area contributed by atoms with Crippen molar-refractivity contribution in [3.8, 4) is 0 Å². The van der Waals surface area contributed by atoms with Gasteiger partial charge >= 0.3 is 0 Å². The summed E-state index contributed by atoms with van der Waals surface area (Å²) in [6.07, 6.45) is 2.74. The summed E-state index contributed by atoms with van der Waals surface area (Å²) < 4.78 is 0. The van der Waals surface area contributed by atoms with Crippen LogP contribution in [-0.2, 0) is 4.79 Å². The Bertz CT molecular complexity index is 166. The minimum atomic E-state index is -0.338. The van der Waals surface area contributed by atoms with E-state index in [2.05, 4.69) is 10.6 Å². The molecule has 0 aliphatic carbocycles. The predicted molar refractivity (Wildman–Crippen MR) is 52.3 cm³/mol. The lowest BCUT2D eigenvalue weighted by atomic mass is 10.1. The van der Waals surface area contributed by atoms with Gasteiger partial charge in [0.1, 0.15) is 0 Å². The zero-order valence-electron chi connectivity index (χ0n) is 8.18. The third kappa shape index (κ3) is 3.32. The average Bonchev–Trinajstić information content (AvgIpc) is 2.18. The van der Waals surface area contributed by atoms with Crippen molar-refractivity contribution in [1.82, 2.24) is 10.6 Å². The highest BCUT2D eigenvalue weighted by Gasteiger charge is 2.18. The maximum absolute atomic E-state index is 11.4. The Labute approximate surface area is 79.3 Å².